The molecule has 4 heteroatoms. The zero-order chi connectivity index (χ0) is 11.0. The van der Waals surface area contributed by atoms with E-state index in [-0.39, 0.29) is 11.8 Å². The molecule has 0 aliphatic heterocycles. The topological polar surface area (TPSA) is 46.5 Å². The lowest BCUT2D eigenvalue weighted by Crippen LogP contribution is -1.99. The summed E-state index contributed by atoms with van der Waals surface area (Å²) in [5, 5.41) is 8.84. The number of rotatable bonds is 3. The number of aliphatic carboxylic acids is 1. The van der Waals surface area contributed by atoms with Gasteiger partial charge >= 0.3 is 5.97 Å². The molecule has 1 aliphatic carbocycles. The second-order valence-corrected chi connectivity index (χ2v) is 4.53. The summed E-state index contributed by atoms with van der Waals surface area (Å²) in [6.45, 7) is 0. The Morgan fingerprint density at radius 1 is 1.60 bits per heavy atom. The van der Waals surface area contributed by atoms with Crippen molar-refractivity contribution in [1.29, 1.82) is 0 Å². The van der Waals surface area contributed by atoms with Crippen molar-refractivity contribution in [2.24, 2.45) is 5.92 Å². The summed E-state index contributed by atoms with van der Waals surface area (Å²) < 4.78 is 6.00. The van der Waals surface area contributed by atoms with Gasteiger partial charge in [-0.15, -0.1) is 0 Å². The molecule has 80 valence electrons. The first-order valence-electron chi connectivity index (χ1n) is 4.69. The summed E-state index contributed by atoms with van der Waals surface area (Å²) in [5.41, 5.74) is 1.06. The second kappa shape index (κ2) is 3.85. The number of hydrogen-bond acceptors (Lipinski definition) is 2. The third-order valence-electron chi connectivity index (χ3n) is 2.71. The highest BCUT2D eigenvalue weighted by Gasteiger charge is 2.44. The van der Waals surface area contributed by atoms with E-state index in [1.807, 2.05) is 18.2 Å². The summed E-state index contributed by atoms with van der Waals surface area (Å²) in [7, 11) is 1.61. The van der Waals surface area contributed by atoms with Gasteiger partial charge in [0.1, 0.15) is 5.75 Å². The van der Waals surface area contributed by atoms with Crippen molar-refractivity contribution in [1.82, 2.24) is 0 Å². The molecule has 0 radical (unpaired) electrons. The maximum atomic E-state index is 10.7. The lowest BCUT2D eigenvalue weighted by molar-refractivity contribution is -0.138. The molecule has 1 saturated carbocycles. The van der Waals surface area contributed by atoms with Crippen molar-refractivity contribution in [3.05, 3.63) is 28.2 Å². The minimum atomic E-state index is -0.706. The van der Waals surface area contributed by atoms with Crippen LogP contribution in [0.2, 0.25) is 0 Å². The Balaban J connectivity index is 2.21. The van der Waals surface area contributed by atoms with Crippen LogP contribution in [0.25, 0.3) is 0 Å². The van der Waals surface area contributed by atoms with Crippen molar-refractivity contribution in [2.75, 3.05) is 7.11 Å². The van der Waals surface area contributed by atoms with Crippen LogP contribution < -0.4 is 4.74 Å². The van der Waals surface area contributed by atoms with Gasteiger partial charge in [0.15, 0.2) is 0 Å². The molecule has 0 heterocycles. The molecule has 0 saturated heterocycles. The number of benzene rings is 1. The van der Waals surface area contributed by atoms with Crippen LogP contribution in [0.5, 0.6) is 5.75 Å². The molecular formula is C11H11BrO3. The fourth-order valence-corrected chi connectivity index (χ4v) is 2.40. The van der Waals surface area contributed by atoms with Crippen LogP contribution in [0.4, 0.5) is 0 Å². The van der Waals surface area contributed by atoms with Gasteiger partial charge in [-0.1, -0.05) is 22.0 Å². The molecule has 2 rings (SSSR count). The maximum Gasteiger partial charge on any atom is 0.307 e. The highest BCUT2D eigenvalue weighted by Crippen LogP contribution is 2.50. The molecule has 2 atom stereocenters. The summed E-state index contributed by atoms with van der Waals surface area (Å²) >= 11 is 3.43. The molecule has 3 nitrogen and oxygen atoms in total. The normalized spacial score (nSPS) is 23.6. The number of carbonyl (C=O) groups is 1. The minimum absolute atomic E-state index is 0.155. The molecule has 0 bridgehead atoms. The molecule has 1 aromatic rings. The number of carboxylic acids is 1. The predicted octanol–water partition coefficient (Wildman–Crippen LogP) is 2.65. The first-order valence-corrected chi connectivity index (χ1v) is 5.49. The molecule has 0 spiro atoms. The number of methoxy groups -OCH3 is 1. The van der Waals surface area contributed by atoms with E-state index in [4.69, 9.17) is 9.84 Å². The molecule has 1 aliphatic rings. The monoisotopic (exact) mass is 270 g/mol. The van der Waals surface area contributed by atoms with Gasteiger partial charge in [-0.2, -0.15) is 0 Å². The molecule has 1 aromatic carbocycles. The highest BCUT2D eigenvalue weighted by atomic mass is 79.9. The predicted molar refractivity (Wildman–Crippen MR) is 59.2 cm³/mol. The first-order chi connectivity index (χ1) is 7.13. The summed E-state index contributed by atoms with van der Waals surface area (Å²) in [6.07, 6.45) is 0.736. The van der Waals surface area contributed by atoms with Gasteiger partial charge in [-0.25, -0.2) is 0 Å². The van der Waals surface area contributed by atoms with Gasteiger partial charge in [0.05, 0.1) is 13.0 Å². The quantitative estimate of drug-likeness (QED) is 0.919. The van der Waals surface area contributed by atoms with E-state index >= 15 is 0 Å². The van der Waals surface area contributed by atoms with Crippen molar-refractivity contribution in [3.63, 3.8) is 0 Å². The van der Waals surface area contributed by atoms with Crippen molar-refractivity contribution in [2.45, 2.75) is 12.3 Å². The molecule has 0 amide bonds. The van der Waals surface area contributed by atoms with E-state index in [9.17, 15) is 4.79 Å². The summed E-state index contributed by atoms with van der Waals surface area (Å²) in [5.74, 6) is 0.0124. The minimum Gasteiger partial charge on any atom is -0.497 e. The zero-order valence-corrected chi connectivity index (χ0v) is 9.82. The number of ether oxygens (including phenoxy) is 1. The SMILES string of the molecule is COc1ccc(C2CC2C(=O)O)c(Br)c1. The largest absolute Gasteiger partial charge is 0.497 e. The van der Waals surface area contributed by atoms with E-state index in [0.29, 0.717) is 0 Å². The van der Waals surface area contributed by atoms with E-state index in [0.717, 1.165) is 22.2 Å². The average molecular weight is 271 g/mol. The van der Waals surface area contributed by atoms with Crippen LogP contribution in [0.1, 0.15) is 17.9 Å². The standard InChI is InChI=1S/C11H11BrO3/c1-15-6-2-3-7(10(12)4-6)8-5-9(8)11(13)14/h2-4,8-9H,5H2,1H3,(H,13,14). The van der Waals surface area contributed by atoms with Gasteiger partial charge in [0, 0.05) is 4.47 Å². The van der Waals surface area contributed by atoms with Gasteiger partial charge in [0.25, 0.3) is 0 Å². The molecule has 2 unspecified atom stereocenters. The lowest BCUT2D eigenvalue weighted by Gasteiger charge is -2.05. The smallest absolute Gasteiger partial charge is 0.307 e. The van der Waals surface area contributed by atoms with Crippen LogP contribution in [0, 0.1) is 5.92 Å². The fraction of sp³-hybridized carbons (Fsp3) is 0.364. The Hall–Kier alpha value is -1.03. The fourth-order valence-electron chi connectivity index (χ4n) is 1.75. The third kappa shape index (κ3) is 2.00. The highest BCUT2D eigenvalue weighted by molar-refractivity contribution is 9.10. The van der Waals surface area contributed by atoms with E-state index in [1.165, 1.54) is 0 Å². The lowest BCUT2D eigenvalue weighted by atomic mass is 10.1. The van der Waals surface area contributed by atoms with E-state index in [1.54, 1.807) is 7.11 Å². The summed E-state index contributed by atoms with van der Waals surface area (Å²) in [6, 6.07) is 5.65. The third-order valence-corrected chi connectivity index (χ3v) is 3.40. The Bertz CT molecular complexity index is 403. The molecule has 1 N–H and O–H groups in total. The van der Waals surface area contributed by atoms with Crippen LogP contribution in [0.15, 0.2) is 22.7 Å². The van der Waals surface area contributed by atoms with Crippen molar-refractivity contribution in [3.8, 4) is 5.75 Å². The molecule has 1 fully saturated rings. The molecule has 15 heavy (non-hydrogen) atoms. The van der Waals surface area contributed by atoms with Gasteiger partial charge < -0.3 is 9.84 Å². The van der Waals surface area contributed by atoms with Gasteiger partial charge in [-0.3, -0.25) is 4.79 Å². The van der Waals surface area contributed by atoms with Crippen LogP contribution in [-0.4, -0.2) is 18.2 Å². The van der Waals surface area contributed by atoms with Crippen molar-refractivity contribution >= 4 is 21.9 Å². The Kier molecular flexibility index (Phi) is 2.69. The van der Waals surface area contributed by atoms with Crippen LogP contribution >= 0.6 is 15.9 Å². The molecular weight excluding hydrogens is 260 g/mol. The number of carboxylic acid groups (broad SMARTS) is 1. The Morgan fingerprint density at radius 3 is 2.80 bits per heavy atom. The van der Waals surface area contributed by atoms with E-state index < -0.39 is 5.97 Å². The number of hydrogen-bond donors (Lipinski definition) is 1. The van der Waals surface area contributed by atoms with Crippen LogP contribution in [-0.2, 0) is 4.79 Å². The molecule has 0 aromatic heterocycles. The van der Waals surface area contributed by atoms with Crippen LogP contribution in [0.3, 0.4) is 0 Å². The Morgan fingerprint density at radius 2 is 2.33 bits per heavy atom. The number of halogens is 1. The average Bonchev–Trinajstić information content (AvgIpc) is 2.97. The van der Waals surface area contributed by atoms with Gasteiger partial charge in [0.2, 0.25) is 0 Å². The summed E-state index contributed by atoms with van der Waals surface area (Å²) in [4.78, 5) is 10.7. The second-order valence-electron chi connectivity index (χ2n) is 3.67. The Labute approximate surface area is 96.2 Å². The first kappa shape index (κ1) is 10.5. The van der Waals surface area contributed by atoms with E-state index in [2.05, 4.69) is 15.9 Å². The van der Waals surface area contributed by atoms with Crippen molar-refractivity contribution < 1.29 is 14.6 Å². The zero-order valence-electron chi connectivity index (χ0n) is 8.24. The van der Waals surface area contributed by atoms with Gasteiger partial charge in [-0.05, 0) is 30.0 Å². The maximum absolute atomic E-state index is 10.7.